The van der Waals surface area contributed by atoms with Crippen LogP contribution in [0.15, 0.2) is 54.6 Å². The van der Waals surface area contributed by atoms with Crippen molar-refractivity contribution in [3.8, 4) is 0 Å². The highest BCUT2D eigenvalue weighted by Gasteiger charge is 2.20. The molecule has 0 aromatic heterocycles. The lowest BCUT2D eigenvalue weighted by Crippen LogP contribution is -2.51. The zero-order valence-electron chi connectivity index (χ0n) is 14.5. The van der Waals surface area contributed by atoms with Crippen LogP contribution in [0, 0.1) is 0 Å². The third-order valence-corrected chi connectivity index (χ3v) is 5.40. The van der Waals surface area contributed by atoms with Crippen molar-refractivity contribution in [2.75, 3.05) is 26.2 Å². The van der Waals surface area contributed by atoms with Gasteiger partial charge >= 0.3 is 0 Å². The topological polar surface area (TPSA) is 18.5 Å². The molecule has 1 aliphatic rings. The summed E-state index contributed by atoms with van der Waals surface area (Å²) < 4.78 is 0. The Bertz CT molecular complexity index is 699. The molecule has 1 saturated heterocycles. The molecule has 0 radical (unpaired) electrons. The van der Waals surface area contributed by atoms with Crippen LogP contribution in [0.4, 0.5) is 0 Å². The summed E-state index contributed by atoms with van der Waals surface area (Å²) in [7, 11) is 0. The fourth-order valence-corrected chi connectivity index (χ4v) is 3.63. The fourth-order valence-electron chi connectivity index (χ4n) is 3.08. The summed E-state index contributed by atoms with van der Waals surface area (Å²) in [5, 5.41) is 5.14. The molecule has 1 N–H and O–H groups in total. The quantitative estimate of drug-likeness (QED) is 0.813. The van der Waals surface area contributed by atoms with E-state index in [-0.39, 0.29) is 6.04 Å². The second-order valence-corrected chi connectivity index (χ2v) is 7.23. The summed E-state index contributed by atoms with van der Waals surface area (Å²) >= 11 is 11.9. The van der Waals surface area contributed by atoms with Crippen LogP contribution >= 0.6 is 23.8 Å². The Kier molecular flexibility index (Phi) is 6.29. The van der Waals surface area contributed by atoms with E-state index in [1.165, 1.54) is 11.1 Å². The van der Waals surface area contributed by atoms with Gasteiger partial charge in [0.1, 0.15) is 0 Å². The first-order valence-corrected chi connectivity index (χ1v) is 9.48. The Morgan fingerprint density at radius 2 is 1.68 bits per heavy atom. The van der Waals surface area contributed by atoms with Crippen LogP contribution in [0.25, 0.3) is 0 Å². The summed E-state index contributed by atoms with van der Waals surface area (Å²) in [5.41, 5.74) is 2.44. The van der Waals surface area contributed by atoms with E-state index in [2.05, 4.69) is 52.4 Å². The molecule has 0 aliphatic carbocycles. The fraction of sp³-hybridized carbons (Fsp3) is 0.350. The number of thiocarbonyl (C=S) groups is 1. The smallest absolute Gasteiger partial charge is 0.169 e. The largest absolute Gasteiger partial charge is 0.356 e. The van der Waals surface area contributed by atoms with Crippen LogP contribution in [0.5, 0.6) is 0 Å². The Hall–Kier alpha value is -1.62. The van der Waals surface area contributed by atoms with Gasteiger partial charge in [0.2, 0.25) is 0 Å². The Balaban J connectivity index is 1.48. The SMILES string of the molecule is CC(NC(=S)N1CCN(Cc2ccccc2Cl)CC1)c1ccccc1. The van der Waals surface area contributed by atoms with Gasteiger partial charge in [-0.05, 0) is 36.3 Å². The summed E-state index contributed by atoms with van der Waals surface area (Å²) in [6, 6.07) is 18.7. The summed E-state index contributed by atoms with van der Waals surface area (Å²) in [4.78, 5) is 4.69. The zero-order valence-corrected chi connectivity index (χ0v) is 16.1. The molecule has 1 aliphatic heterocycles. The molecule has 5 heteroatoms. The lowest BCUT2D eigenvalue weighted by atomic mass is 10.1. The predicted molar refractivity (Wildman–Crippen MR) is 109 cm³/mol. The molecule has 132 valence electrons. The van der Waals surface area contributed by atoms with E-state index < -0.39 is 0 Å². The molecule has 25 heavy (non-hydrogen) atoms. The molecule has 1 unspecified atom stereocenters. The Morgan fingerprint density at radius 1 is 1.04 bits per heavy atom. The van der Waals surface area contributed by atoms with Gasteiger partial charge in [0.25, 0.3) is 0 Å². The maximum absolute atomic E-state index is 6.27. The van der Waals surface area contributed by atoms with Crippen molar-refractivity contribution in [2.45, 2.75) is 19.5 Å². The van der Waals surface area contributed by atoms with Crippen LogP contribution < -0.4 is 5.32 Å². The Morgan fingerprint density at radius 3 is 2.36 bits per heavy atom. The summed E-state index contributed by atoms with van der Waals surface area (Å²) in [5.74, 6) is 0. The van der Waals surface area contributed by atoms with Crippen molar-refractivity contribution < 1.29 is 0 Å². The van der Waals surface area contributed by atoms with Crippen LogP contribution in [0.1, 0.15) is 24.1 Å². The van der Waals surface area contributed by atoms with Crippen LogP contribution in [-0.2, 0) is 6.54 Å². The normalized spacial score (nSPS) is 16.5. The van der Waals surface area contributed by atoms with Crippen molar-refractivity contribution in [3.63, 3.8) is 0 Å². The average Bonchev–Trinajstić information content (AvgIpc) is 2.65. The third-order valence-electron chi connectivity index (χ3n) is 4.65. The molecule has 3 nitrogen and oxygen atoms in total. The predicted octanol–water partition coefficient (Wildman–Crippen LogP) is 4.09. The van der Waals surface area contributed by atoms with Crippen LogP contribution in [-0.4, -0.2) is 41.1 Å². The molecule has 1 atom stereocenters. The first-order valence-electron chi connectivity index (χ1n) is 8.69. The lowest BCUT2D eigenvalue weighted by molar-refractivity contribution is 0.174. The zero-order chi connectivity index (χ0) is 17.6. The number of benzene rings is 2. The van der Waals surface area contributed by atoms with Gasteiger partial charge in [-0.3, -0.25) is 4.90 Å². The molecule has 3 rings (SSSR count). The number of nitrogens with one attached hydrogen (secondary N) is 1. The average molecular weight is 374 g/mol. The molecule has 2 aromatic carbocycles. The molecular formula is C20H24ClN3S. The second kappa shape index (κ2) is 8.65. The van der Waals surface area contributed by atoms with E-state index in [1.54, 1.807) is 0 Å². The van der Waals surface area contributed by atoms with Gasteiger partial charge in [-0.25, -0.2) is 0 Å². The van der Waals surface area contributed by atoms with Gasteiger partial charge in [-0.15, -0.1) is 0 Å². The number of hydrogen-bond acceptors (Lipinski definition) is 2. The maximum atomic E-state index is 6.27. The monoisotopic (exact) mass is 373 g/mol. The third kappa shape index (κ3) is 4.94. The minimum Gasteiger partial charge on any atom is -0.356 e. The van der Waals surface area contributed by atoms with Gasteiger partial charge in [0.05, 0.1) is 6.04 Å². The van der Waals surface area contributed by atoms with E-state index in [0.717, 1.165) is 42.9 Å². The van der Waals surface area contributed by atoms with Crippen LogP contribution in [0.2, 0.25) is 5.02 Å². The van der Waals surface area contributed by atoms with E-state index in [1.807, 2.05) is 24.3 Å². The first-order chi connectivity index (χ1) is 12.1. The van der Waals surface area contributed by atoms with Crippen LogP contribution in [0.3, 0.4) is 0 Å². The number of halogens is 1. The molecule has 0 amide bonds. The van der Waals surface area contributed by atoms with E-state index in [9.17, 15) is 0 Å². The van der Waals surface area contributed by atoms with Crippen molar-refractivity contribution in [1.82, 2.24) is 15.1 Å². The molecule has 1 fully saturated rings. The molecule has 2 aromatic rings. The minimum absolute atomic E-state index is 0.217. The lowest BCUT2D eigenvalue weighted by Gasteiger charge is -2.37. The van der Waals surface area contributed by atoms with Crippen molar-refractivity contribution in [1.29, 1.82) is 0 Å². The Labute approximate surface area is 160 Å². The van der Waals surface area contributed by atoms with Gasteiger partial charge in [-0.1, -0.05) is 60.1 Å². The van der Waals surface area contributed by atoms with E-state index >= 15 is 0 Å². The highest BCUT2D eigenvalue weighted by molar-refractivity contribution is 7.80. The standard InChI is InChI=1S/C20H24ClN3S/c1-16(17-7-3-2-4-8-17)22-20(25)24-13-11-23(12-14-24)15-18-9-5-6-10-19(18)21/h2-10,16H,11-15H2,1H3,(H,22,25). The van der Waals surface area contributed by atoms with Gasteiger partial charge in [0.15, 0.2) is 5.11 Å². The molecule has 0 bridgehead atoms. The molecule has 0 spiro atoms. The molecular weight excluding hydrogens is 350 g/mol. The number of rotatable bonds is 4. The van der Waals surface area contributed by atoms with E-state index in [4.69, 9.17) is 23.8 Å². The van der Waals surface area contributed by atoms with Crippen molar-refractivity contribution in [3.05, 3.63) is 70.7 Å². The number of nitrogens with zero attached hydrogens (tertiary/aromatic N) is 2. The van der Waals surface area contributed by atoms with Gasteiger partial charge in [0, 0.05) is 37.7 Å². The highest BCUT2D eigenvalue weighted by Crippen LogP contribution is 2.18. The number of piperazine rings is 1. The highest BCUT2D eigenvalue weighted by atomic mass is 35.5. The maximum Gasteiger partial charge on any atom is 0.169 e. The summed E-state index contributed by atoms with van der Waals surface area (Å²) in [6.45, 7) is 6.92. The second-order valence-electron chi connectivity index (χ2n) is 6.44. The minimum atomic E-state index is 0.217. The van der Waals surface area contributed by atoms with Gasteiger partial charge in [-0.2, -0.15) is 0 Å². The van der Waals surface area contributed by atoms with Crippen molar-refractivity contribution in [2.24, 2.45) is 0 Å². The van der Waals surface area contributed by atoms with Gasteiger partial charge < -0.3 is 10.2 Å². The first kappa shape index (κ1) is 18.2. The van der Waals surface area contributed by atoms with Crippen molar-refractivity contribution >= 4 is 28.9 Å². The number of hydrogen-bond donors (Lipinski definition) is 1. The summed E-state index contributed by atoms with van der Waals surface area (Å²) in [6.07, 6.45) is 0. The van der Waals surface area contributed by atoms with E-state index in [0.29, 0.717) is 0 Å². The molecule has 1 heterocycles. The molecule has 0 saturated carbocycles.